The molecule has 1 aliphatic rings. The lowest BCUT2D eigenvalue weighted by atomic mass is 10.1. The van der Waals surface area contributed by atoms with Gasteiger partial charge in [0.2, 0.25) is 10.0 Å². The van der Waals surface area contributed by atoms with E-state index >= 15 is 0 Å². The van der Waals surface area contributed by atoms with Gasteiger partial charge in [-0.2, -0.15) is 4.72 Å². The van der Waals surface area contributed by atoms with E-state index < -0.39 is 16.1 Å². The van der Waals surface area contributed by atoms with E-state index in [-0.39, 0.29) is 4.90 Å². The van der Waals surface area contributed by atoms with Crippen molar-refractivity contribution in [2.45, 2.75) is 17.4 Å². The normalized spacial score (nSPS) is 14.8. The summed E-state index contributed by atoms with van der Waals surface area (Å²) in [6, 6.07) is 17.7. The fourth-order valence-corrected chi connectivity index (χ4v) is 5.92. The highest BCUT2D eigenvalue weighted by molar-refractivity contribution is 7.89. The van der Waals surface area contributed by atoms with E-state index in [0.717, 1.165) is 26.9 Å². The molecule has 6 nitrogen and oxygen atoms in total. The minimum atomic E-state index is -3.83. The summed E-state index contributed by atoms with van der Waals surface area (Å²) in [4.78, 5) is 5.21. The first kappa shape index (κ1) is 20.0. The molecule has 158 valence electrons. The van der Waals surface area contributed by atoms with E-state index in [2.05, 4.69) is 9.71 Å². The summed E-state index contributed by atoms with van der Waals surface area (Å²) in [6.45, 7) is 1.04. The monoisotopic (exact) mass is 452 g/mol. The lowest BCUT2D eigenvalue weighted by Crippen LogP contribution is -2.29. The van der Waals surface area contributed by atoms with Crippen LogP contribution >= 0.6 is 11.3 Å². The highest BCUT2D eigenvalue weighted by Gasteiger charge is 2.26. The Morgan fingerprint density at radius 1 is 0.968 bits per heavy atom. The zero-order chi connectivity index (χ0) is 21.3. The van der Waals surface area contributed by atoms with Gasteiger partial charge in [-0.1, -0.05) is 30.3 Å². The zero-order valence-electron chi connectivity index (χ0n) is 16.5. The number of rotatable bonds is 5. The first-order valence-corrected chi connectivity index (χ1v) is 12.2. The van der Waals surface area contributed by atoms with Crippen molar-refractivity contribution in [3.05, 3.63) is 83.5 Å². The molecule has 5 rings (SSSR count). The number of aromatic nitrogens is 1. The first-order chi connectivity index (χ1) is 15.1. The van der Waals surface area contributed by atoms with E-state index in [1.807, 2.05) is 42.5 Å². The van der Waals surface area contributed by atoms with Crippen LogP contribution in [0.25, 0.3) is 10.1 Å². The molecular formula is C23H20N2O4S2. The second kappa shape index (κ2) is 8.30. The number of hydrogen-bond donors (Lipinski definition) is 1. The van der Waals surface area contributed by atoms with Gasteiger partial charge >= 0.3 is 0 Å². The number of benzene rings is 2. The van der Waals surface area contributed by atoms with Gasteiger partial charge < -0.3 is 9.47 Å². The third-order valence-corrected chi connectivity index (χ3v) is 7.63. The molecule has 0 radical (unpaired) electrons. The van der Waals surface area contributed by atoms with Gasteiger partial charge in [-0.3, -0.25) is 4.98 Å². The molecule has 1 atom stereocenters. The van der Waals surface area contributed by atoms with Gasteiger partial charge in [0.15, 0.2) is 11.5 Å². The van der Waals surface area contributed by atoms with Gasteiger partial charge in [-0.05, 0) is 35.2 Å². The maximum absolute atomic E-state index is 13.4. The molecule has 8 heteroatoms. The van der Waals surface area contributed by atoms with Crippen LogP contribution in [-0.2, 0) is 10.0 Å². The minimum absolute atomic E-state index is 0.139. The highest BCUT2D eigenvalue weighted by Crippen LogP contribution is 2.35. The number of thiophene rings is 1. The molecule has 0 saturated heterocycles. The van der Waals surface area contributed by atoms with Gasteiger partial charge in [-0.15, -0.1) is 11.3 Å². The molecule has 0 amide bonds. The molecule has 3 heterocycles. The Labute approximate surface area is 184 Å². The van der Waals surface area contributed by atoms with Crippen LogP contribution in [-0.4, -0.2) is 26.6 Å². The third-order valence-electron chi connectivity index (χ3n) is 5.06. The largest absolute Gasteiger partial charge is 0.490 e. The van der Waals surface area contributed by atoms with Crippen LogP contribution in [0.15, 0.2) is 78.0 Å². The minimum Gasteiger partial charge on any atom is -0.490 e. The molecule has 2 aromatic carbocycles. The molecule has 4 aromatic rings. The van der Waals surface area contributed by atoms with Gasteiger partial charge in [0.25, 0.3) is 0 Å². The van der Waals surface area contributed by atoms with E-state index in [4.69, 9.17) is 9.47 Å². The summed E-state index contributed by atoms with van der Waals surface area (Å²) >= 11 is 1.53. The summed E-state index contributed by atoms with van der Waals surface area (Å²) in [7, 11) is -3.83. The van der Waals surface area contributed by atoms with Crippen molar-refractivity contribution in [2.24, 2.45) is 0 Å². The lowest BCUT2D eigenvalue weighted by molar-refractivity contribution is 0.297. The summed E-state index contributed by atoms with van der Waals surface area (Å²) < 4.78 is 41.9. The summed E-state index contributed by atoms with van der Waals surface area (Å²) in [6.07, 6.45) is 4.29. The predicted octanol–water partition coefficient (Wildman–Crippen LogP) is 4.53. The number of ether oxygens (including phenoxy) is 2. The van der Waals surface area contributed by atoms with E-state index in [1.165, 1.54) is 17.4 Å². The summed E-state index contributed by atoms with van der Waals surface area (Å²) in [5.74, 6) is 1.01. The number of hydrogen-bond acceptors (Lipinski definition) is 6. The van der Waals surface area contributed by atoms with Crippen molar-refractivity contribution in [3.63, 3.8) is 0 Å². The standard InChI is InChI=1S/C23H20N2O4S2/c26-31(27,18-7-8-19-20(14-18)29-12-4-11-28-19)25-23(16-5-2-1-3-6-16)21-13-17-9-10-24-15-22(17)30-21/h1-3,5-10,13-15,23,25H,4,11-12H2/t23-/m1/s1. The van der Waals surface area contributed by atoms with E-state index in [1.54, 1.807) is 24.5 Å². The van der Waals surface area contributed by atoms with Gasteiger partial charge in [-0.25, -0.2) is 8.42 Å². The number of nitrogens with zero attached hydrogens (tertiary/aromatic N) is 1. The maximum Gasteiger partial charge on any atom is 0.241 e. The number of pyridine rings is 1. The second-order valence-electron chi connectivity index (χ2n) is 7.19. The van der Waals surface area contributed by atoms with Crippen molar-refractivity contribution >= 4 is 31.4 Å². The van der Waals surface area contributed by atoms with Crippen molar-refractivity contribution in [1.82, 2.24) is 9.71 Å². The molecule has 0 fully saturated rings. The average molecular weight is 453 g/mol. The molecular weight excluding hydrogens is 432 g/mol. The van der Waals surface area contributed by atoms with Crippen LogP contribution in [0, 0.1) is 0 Å². The van der Waals surface area contributed by atoms with Crippen molar-refractivity contribution < 1.29 is 17.9 Å². The molecule has 31 heavy (non-hydrogen) atoms. The lowest BCUT2D eigenvalue weighted by Gasteiger charge is -2.19. The predicted molar refractivity (Wildman–Crippen MR) is 120 cm³/mol. The van der Waals surface area contributed by atoms with E-state index in [9.17, 15) is 8.42 Å². The highest BCUT2D eigenvalue weighted by atomic mass is 32.2. The van der Waals surface area contributed by atoms with Gasteiger partial charge in [0.1, 0.15) is 0 Å². The Balaban J connectivity index is 1.54. The van der Waals surface area contributed by atoms with Crippen LogP contribution in [0.3, 0.4) is 0 Å². The summed E-state index contributed by atoms with van der Waals surface area (Å²) in [5.41, 5.74) is 0.861. The molecule has 0 unspecified atom stereocenters. The average Bonchev–Trinajstić information content (AvgIpc) is 3.08. The van der Waals surface area contributed by atoms with Crippen molar-refractivity contribution in [2.75, 3.05) is 13.2 Å². The van der Waals surface area contributed by atoms with E-state index in [0.29, 0.717) is 24.7 Å². The number of sulfonamides is 1. The first-order valence-electron chi connectivity index (χ1n) is 9.90. The molecule has 0 aliphatic carbocycles. The summed E-state index contributed by atoms with van der Waals surface area (Å²) in [5, 5.41) is 1.03. The SMILES string of the molecule is O=S(=O)(N[C@H](c1ccccc1)c1cc2ccncc2s1)c1ccc2c(c1)OCCCO2. The molecule has 1 aliphatic heterocycles. The van der Waals surface area contributed by atoms with Crippen LogP contribution < -0.4 is 14.2 Å². The van der Waals surface area contributed by atoms with Crippen molar-refractivity contribution in [1.29, 1.82) is 0 Å². The van der Waals surface area contributed by atoms with Crippen LogP contribution in [0.1, 0.15) is 22.9 Å². The topological polar surface area (TPSA) is 77.5 Å². The zero-order valence-corrected chi connectivity index (χ0v) is 18.2. The number of fused-ring (bicyclic) bond motifs is 2. The fraction of sp³-hybridized carbons (Fsp3) is 0.174. The molecule has 2 aromatic heterocycles. The van der Waals surface area contributed by atoms with Crippen molar-refractivity contribution in [3.8, 4) is 11.5 Å². The molecule has 0 bridgehead atoms. The van der Waals surface area contributed by atoms with Crippen LogP contribution in [0.4, 0.5) is 0 Å². The molecule has 0 spiro atoms. The molecule has 0 saturated carbocycles. The Bertz CT molecular complexity index is 1290. The van der Waals surface area contributed by atoms with Gasteiger partial charge in [0, 0.05) is 29.8 Å². The van der Waals surface area contributed by atoms with Gasteiger partial charge in [0.05, 0.1) is 28.9 Å². The smallest absolute Gasteiger partial charge is 0.241 e. The maximum atomic E-state index is 13.4. The van der Waals surface area contributed by atoms with Crippen LogP contribution in [0.2, 0.25) is 0 Å². The fourth-order valence-electron chi connectivity index (χ4n) is 3.52. The second-order valence-corrected chi connectivity index (χ2v) is 10.0. The third kappa shape index (κ3) is 4.14. The Hall–Kier alpha value is -2.94. The Morgan fingerprint density at radius 3 is 2.58 bits per heavy atom. The molecule has 1 N–H and O–H groups in total. The Morgan fingerprint density at radius 2 is 1.77 bits per heavy atom. The quantitative estimate of drug-likeness (QED) is 0.482. The number of nitrogens with one attached hydrogen (secondary N) is 1. The Kier molecular flexibility index (Phi) is 5.35. The van der Waals surface area contributed by atoms with Crippen LogP contribution in [0.5, 0.6) is 11.5 Å².